The highest BCUT2D eigenvalue weighted by molar-refractivity contribution is 6.99. The summed E-state index contributed by atoms with van der Waals surface area (Å²) in [5, 5.41) is 0. The number of rotatable bonds is 1. The van der Waals surface area contributed by atoms with Crippen molar-refractivity contribution in [2.75, 3.05) is 0 Å². The van der Waals surface area contributed by atoms with Crippen molar-refractivity contribution in [3.05, 3.63) is 36.5 Å². The van der Waals surface area contributed by atoms with Crippen LogP contribution in [0.3, 0.4) is 0 Å². The smallest absolute Gasteiger partial charge is 0.105 e. The van der Waals surface area contributed by atoms with Crippen molar-refractivity contribution in [2.24, 2.45) is 0 Å². The molecule has 0 fully saturated rings. The van der Waals surface area contributed by atoms with Crippen LogP contribution in [0.2, 0.25) is 0 Å². The number of aromatic nitrogens is 2. The molecule has 0 atom stereocenters. The Labute approximate surface area is 68.9 Å². The molecule has 0 spiro atoms. The van der Waals surface area contributed by atoms with Crippen molar-refractivity contribution in [3.63, 3.8) is 0 Å². The Morgan fingerprint density at radius 2 is 2.36 bits per heavy atom. The molecule has 1 aromatic carbocycles. The van der Waals surface area contributed by atoms with Crippen molar-refractivity contribution in [3.8, 4) is 11.3 Å². The predicted octanol–water partition coefficient (Wildman–Crippen LogP) is 2.01. The summed E-state index contributed by atoms with van der Waals surface area (Å²) >= 11 is 1.21. The van der Waals surface area contributed by atoms with Crippen molar-refractivity contribution in [1.82, 2.24) is 8.75 Å². The average Bonchev–Trinajstić information content (AvgIpc) is 2.58. The molecule has 0 unspecified atom stereocenters. The minimum absolute atomic E-state index is 0.899. The Hall–Kier alpha value is -1.22. The van der Waals surface area contributed by atoms with Gasteiger partial charge in [0, 0.05) is 5.56 Å². The van der Waals surface area contributed by atoms with E-state index in [9.17, 15) is 0 Å². The zero-order valence-electron chi connectivity index (χ0n) is 5.69. The molecule has 0 saturated carbocycles. The summed E-state index contributed by atoms with van der Waals surface area (Å²) in [4.78, 5) is 0. The van der Waals surface area contributed by atoms with Crippen molar-refractivity contribution in [2.45, 2.75) is 0 Å². The van der Waals surface area contributed by atoms with Crippen LogP contribution < -0.4 is 0 Å². The van der Waals surface area contributed by atoms with E-state index >= 15 is 0 Å². The maximum Gasteiger partial charge on any atom is 0.105 e. The van der Waals surface area contributed by atoms with Crippen LogP contribution in [0.4, 0.5) is 0 Å². The van der Waals surface area contributed by atoms with Gasteiger partial charge in [-0.15, -0.1) is 0 Å². The summed E-state index contributed by atoms with van der Waals surface area (Å²) in [6.45, 7) is 0. The molecule has 11 heavy (non-hydrogen) atoms. The third kappa shape index (κ3) is 1.28. The molecular weight excluding hydrogens is 156 g/mol. The van der Waals surface area contributed by atoms with Crippen LogP contribution in [0.5, 0.6) is 0 Å². The SMILES string of the molecule is [c]1ccccc1-c1cnsn1. The lowest BCUT2D eigenvalue weighted by Gasteiger charge is -1.90. The van der Waals surface area contributed by atoms with Crippen LogP contribution in [-0.2, 0) is 0 Å². The van der Waals surface area contributed by atoms with Gasteiger partial charge in [0.15, 0.2) is 0 Å². The van der Waals surface area contributed by atoms with Crippen molar-refractivity contribution >= 4 is 11.7 Å². The zero-order chi connectivity index (χ0) is 7.52. The van der Waals surface area contributed by atoms with E-state index in [4.69, 9.17) is 0 Å². The van der Waals surface area contributed by atoms with Gasteiger partial charge in [0.25, 0.3) is 0 Å². The monoisotopic (exact) mass is 161 g/mol. The maximum absolute atomic E-state index is 4.09. The van der Waals surface area contributed by atoms with E-state index in [0.717, 1.165) is 11.3 Å². The Morgan fingerprint density at radius 1 is 1.36 bits per heavy atom. The first-order chi connectivity index (χ1) is 5.47. The highest BCUT2D eigenvalue weighted by Crippen LogP contribution is 2.14. The number of hydrogen-bond acceptors (Lipinski definition) is 3. The lowest BCUT2D eigenvalue weighted by Crippen LogP contribution is -1.73. The molecule has 0 saturated heterocycles. The van der Waals surface area contributed by atoms with E-state index in [2.05, 4.69) is 14.8 Å². The molecule has 0 aliphatic heterocycles. The Bertz CT molecular complexity index is 315. The van der Waals surface area contributed by atoms with E-state index in [1.807, 2.05) is 24.3 Å². The molecule has 1 aromatic heterocycles. The third-order valence-electron chi connectivity index (χ3n) is 1.35. The van der Waals surface area contributed by atoms with Crippen LogP contribution in [0.1, 0.15) is 0 Å². The molecule has 0 amide bonds. The minimum Gasteiger partial charge on any atom is -0.181 e. The first kappa shape index (κ1) is 6.49. The van der Waals surface area contributed by atoms with Gasteiger partial charge in [0.05, 0.1) is 17.9 Å². The van der Waals surface area contributed by atoms with Crippen molar-refractivity contribution < 1.29 is 0 Å². The summed E-state index contributed by atoms with van der Waals surface area (Å²) in [7, 11) is 0. The lowest BCUT2D eigenvalue weighted by molar-refractivity contribution is 1.49. The molecule has 0 aliphatic carbocycles. The molecule has 1 heterocycles. The summed E-state index contributed by atoms with van der Waals surface area (Å²) < 4.78 is 7.99. The molecule has 1 radical (unpaired) electrons. The quantitative estimate of drug-likeness (QED) is 0.639. The summed E-state index contributed by atoms with van der Waals surface area (Å²) in [5.74, 6) is 0. The molecule has 2 nitrogen and oxygen atoms in total. The van der Waals surface area contributed by atoms with Gasteiger partial charge in [-0.2, -0.15) is 8.75 Å². The Morgan fingerprint density at radius 3 is 3.00 bits per heavy atom. The standard InChI is InChI=1S/C8H5N2S/c1-2-4-7(5-3-1)8-6-9-11-10-8/h1-4,6H. The summed E-state index contributed by atoms with van der Waals surface area (Å²) in [5.41, 5.74) is 1.90. The topological polar surface area (TPSA) is 25.8 Å². The second-order valence-corrected chi connectivity index (χ2v) is 2.63. The van der Waals surface area contributed by atoms with E-state index in [1.165, 1.54) is 11.7 Å². The second-order valence-electron chi connectivity index (χ2n) is 2.07. The number of hydrogen-bond donors (Lipinski definition) is 0. The molecular formula is C8H5N2S. The van der Waals surface area contributed by atoms with Crippen LogP contribution in [0, 0.1) is 6.07 Å². The van der Waals surface area contributed by atoms with Gasteiger partial charge in [-0.3, -0.25) is 0 Å². The first-order valence-corrected chi connectivity index (χ1v) is 3.94. The first-order valence-electron chi connectivity index (χ1n) is 3.21. The normalized spacial score (nSPS) is 9.82. The van der Waals surface area contributed by atoms with E-state index < -0.39 is 0 Å². The number of benzene rings is 1. The van der Waals surface area contributed by atoms with E-state index in [0.29, 0.717) is 0 Å². The molecule has 2 aromatic rings. The molecule has 0 bridgehead atoms. The van der Waals surface area contributed by atoms with Gasteiger partial charge in [-0.25, -0.2) is 0 Å². The van der Waals surface area contributed by atoms with E-state index in [1.54, 1.807) is 6.20 Å². The zero-order valence-corrected chi connectivity index (χ0v) is 6.51. The lowest BCUT2D eigenvalue weighted by atomic mass is 10.2. The van der Waals surface area contributed by atoms with Crippen molar-refractivity contribution in [1.29, 1.82) is 0 Å². The average molecular weight is 161 g/mol. The van der Waals surface area contributed by atoms with Gasteiger partial charge in [-0.05, 0) is 6.07 Å². The van der Waals surface area contributed by atoms with Gasteiger partial charge >= 0.3 is 0 Å². The van der Waals surface area contributed by atoms with E-state index in [-0.39, 0.29) is 0 Å². The minimum atomic E-state index is 0.899. The molecule has 0 aliphatic rings. The Kier molecular flexibility index (Phi) is 1.65. The van der Waals surface area contributed by atoms with Crippen LogP contribution >= 0.6 is 11.7 Å². The van der Waals surface area contributed by atoms with Crippen LogP contribution in [0.25, 0.3) is 11.3 Å². The number of nitrogens with zero attached hydrogens (tertiary/aromatic N) is 2. The van der Waals surface area contributed by atoms with Gasteiger partial charge in [0.1, 0.15) is 5.69 Å². The van der Waals surface area contributed by atoms with Crippen LogP contribution in [-0.4, -0.2) is 8.75 Å². The molecule has 2 rings (SSSR count). The molecule has 53 valence electrons. The third-order valence-corrected chi connectivity index (χ3v) is 1.82. The summed E-state index contributed by atoms with van der Waals surface area (Å²) in [6, 6.07) is 10.8. The van der Waals surface area contributed by atoms with Crippen LogP contribution in [0.15, 0.2) is 30.5 Å². The molecule has 0 N–H and O–H groups in total. The Balaban J connectivity index is 2.46. The van der Waals surface area contributed by atoms with Gasteiger partial charge < -0.3 is 0 Å². The fourth-order valence-electron chi connectivity index (χ4n) is 0.836. The maximum atomic E-state index is 4.09. The predicted molar refractivity (Wildman–Crippen MR) is 44.2 cm³/mol. The molecule has 3 heteroatoms. The highest BCUT2D eigenvalue weighted by atomic mass is 32.1. The highest BCUT2D eigenvalue weighted by Gasteiger charge is 1.97. The van der Waals surface area contributed by atoms with Gasteiger partial charge in [-0.1, -0.05) is 24.3 Å². The fraction of sp³-hybridized carbons (Fsp3) is 0. The second kappa shape index (κ2) is 2.80. The summed E-state index contributed by atoms with van der Waals surface area (Å²) in [6.07, 6.45) is 1.75. The fourth-order valence-corrected chi connectivity index (χ4v) is 1.26. The van der Waals surface area contributed by atoms with Gasteiger partial charge in [0.2, 0.25) is 0 Å². The largest absolute Gasteiger partial charge is 0.181 e.